The van der Waals surface area contributed by atoms with E-state index in [2.05, 4.69) is 15.5 Å². The first-order valence-corrected chi connectivity index (χ1v) is 6.95. The number of rotatable bonds is 3. The van der Waals surface area contributed by atoms with Crippen molar-refractivity contribution in [3.63, 3.8) is 0 Å². The third kappa shape index (κ3) is 2.84. The molecule has 0 spiro atoms. The van der Waals surface area contributed by atoms with E-state index in [9.17, 15) is 0 Å². The average molecular weight is 320 g/mol. The highest BCUT2D eigenvalue weighted by molar-refractivity contribution is 6.33. The zero-order valence-electron chi connectivity index (χ0n) is 10.9. The van der Waals surface area contributed by atoms with Crippen LogP contribution in [0.15, 0.2) is 42.5 Å². The summed E-state index contributed by atoms with van der Waals surface area (Å²) in [4.78, 5) is 0. The number of aromatic nitrogens is 4. The van der Waals surface area contributed by atoms with Crippen LogP contribution in [0.1, 0.15) is 5.56 Å². The second-order valence-electron chi connectivity index (χ2n) is 4.49. The van der Waals surface area contributed by atoms with E-state index in [4.69, 9.17) is 28.9 Å². The molecular formula is C14H11Cl2N5. The lowest BCUT2D eigenvalue weighted by Crippen LogP contribution is -2.06. The van der Waals surface area contributed by atoms with Crippen molar-refractivity contribution in [3.8, 4) is 11.4 Å². The molecule has 2 aromatic carbocycles. The minimum atomic E-state index is 0.480. The number of nitrogen functional groups attached to an aromatic ring is 1. The van der Waals surface area contributed by atoms with Crippen molar-refractivity contribution < 1.29 is 0 Å². The molecule has 1 aromatic heterocycles. The maximum Gasteiger partial charge on any atom is 0.185 e. The standard InChI is InChI=1S/C14H11Cl2N5/c15-10-4-1-3-9(7-10)8-21-14(18-19-20-21)13-11(16)5-2-6-12(13)17/h1-7H,8,17H2. The molecule has 0 aliphatic heterocycles. The van der Waals surface area contributed by atoms with Gasteiger partial charge in [-0.05, 0) is 40.3 Å². The van der Waals surface area contributed by atoms with E-state index in [0.29, 0.717) is 33.7 Å². The number of benzene rings is 2. The maximum absolute atomic E-state index is 6.21. The van der Waals surface area contributed by atoms with Gasteiger partial charge in [-0.15, -0.1) is 5.10 Å². The van der Waals surface area contributed by atoms with Crippen LogP contribution >= 0.6 is 23.2 Å². The molecule has 0 amide bonds. The second-order valence-corrected chi connectivity index (χ2v) is 5.34. The van der Waals surface area contributed by atoms with Crippen LogP contribution in [0.2, 0.25) is 10.0 Å². The van der Waals surface area contributed by atoms with Crippen LogP contribution in [0.4, 0.5) is 5.69 Å². The summed E-state index contributed by atoms with van der Waals surface area (Å²) < 4.78 is 1.64. The maximum atomic E-state index is 6.21. The molecule has 0 radical (unpaired) electrons. The molecule has 0 saturated carbocycles. The summed E-state index contributed by atoms with van der Waals surface area (Å²) in [5.74, 6) is 0.526. The Kier molecular flexibility index (Phi) is 3.77. The highest BCUT2D eigenvalue weighted by atomic mass is 35.5. The van der Waals surface area contributed by atoms with Crippen LogP contribution in [0.5, 0.6) is 0 Å². The lowest BCUT2D eigenvalue weighted by molar-refractivity contribution is 0.653. The summed E-state index contributed by atoms with van der Waals surface area (Å²) >= 11 is 12.2. The van der Waals surface area contributed by atoms with E-state index in [1.54, 1.807) is 22.9 Å². The number of nitrogens with two attached hydrogens (primary N) is 1. The minimum Gasteiger partial charge on any atom is -0.398 e. The molecule has 0 unspecified atom stereocenters. The average Bonchev–Trinajstić information content (AvgIpc) is 2.87. The molecule has 21 heavy (non-hydrogen) atoms. The van der Waals surface area contributed by atoms with E-state index < -0.39 is 0 Å². The van der Waals surface area contributed by atoms with Gasteiger partial charge in [-0.2, -0.15) is 0 Å². The first kappa shape index (κ1) is 13.9. The third-order valence-electron chi connectivity index (χ3n) is 3.02. The lowest BCUT2D eigenvalue weighted by Gasteiger charge is -2.09. The summed E-state index contributed by atoms with van der Waals surface area (Å²) in [6.45, 7) is 0.480. The van der Waals surface area contributed by atoms with Crippen LogP contribution < -0.4 is 5.73 Å². The lowest BCUT2D eigenvalue weighted by atomic mass is 10.1. The van der Waals surface area contributed by atoms with Gasteiger partial charge in [0.1, 0.15) is 0 Å². The van der Waals surface area contributed by atoms with Gasteiger partial charge in [0.2, 0.25) is 0 Å². The van der Waals surface area contributed by atoms with E-state index in [0.717, 1.165) is 5.56 Å². The highest BCUT2D eigenvalue weighted by Gasteiger charge is 2.15. The Morgan fingerprint density at radius 1 is 1.10 bits per heavy atom. The van der Waals surface area contributed by atoms with Crippen LogP contribution in [0.3, 0.4) is 0 Å². The first-order valence-electron chi connectivity index (χ1n) is 6.20. The number of anilines is 1. The Hall–Kier alpha value is -2.11. The van der Waals surface area contributed by atoms with Crippen molar-refractivity contribution in [2.75, 3.05) is 5.73 Å². The molecule has 1 heterocycles. The molecule has 0 aliphatic rings. The SMILES string of the molecule is Nc1cccc(Cl)c1-c1nnnn1Cc1cccc(Cl)c1. The quantitative estimate of drug-likeness (QED) is 0.752. The summed E-state index contributed by atoms with van der Waals surface area (Å²) in [5, 5.41) is 12.9. The summed E-state index contributed by atoms with van der Waals surface area (Å²) in [6.07, 6.45) is 0. The van der Waals surface area contributed by atoms with E-state index in [-0.39, 0.29) is 0 Å². The molecule has 0 fully saturated rings. The Balaban J connectivity index is 2.02. The second kappa shape index (κ2) is 5.71. The highest BCUT2D eigenvalue weighted by Crippen LogP contribution is 2.31. The van der Waals surface area contributed by atoms with Gasteiger partial charge >= 0.3 is 0 Å². The van der Waals surface area contributed by atoms with Gasteiger partial charge in [0.05, 0.1) is 17.1 Å². The van der Waals surface area contributed by atoms with Crippen molar-refractivity contribution in [3.05, 3.63) is 58.1 Å². The van der Waals surface area contributed by atoms with E-state index >= 15 is 0 Å². The fraction of sp³-hybridized carbons (Fsp3) is 0.0714. The number of hydrogen-bond donors (Lipinski definition) is 1. The van der Waals surface area contributed by atoms with Crippen LogP contribution in [0, 0.1) is 0 Å². The molecule has 7 heteroatoms. The largest absolute Gasteiger partial charge is 0.398 e. The van der Waals surface area contributed by atoms with Crippen LogP contribution in [0.25, 0.3) is 11.4 Å². The van der Waals surface area contributed by atoms with Gasteiger partial charge in [-0.3, -0.25) is 0 Å². The van der Waals surface area contributed by atoms with Gasteiger partial charge in [-0.1, -0.05) is 41.4 Å². The smallest absolute Gasteiger partial charge is 0.185 e. The zero-order valence-corrected chi connectivity index (χ0v) is 12.4. The van der Waals surface area contributed by atoms with Crippen molar-refractivity contribution in [2.24, 2.45) is 0 Å². The van der Waals surface area contributed by atoms with Crippen molar-refractivity contribution >= 4 is 28.9 Å². The number of tetrazole rings is 1. The van der Waals surface area contributed by atoms with Gasteiger partial charge in [-0.25, -0.2) is 4.68 Å². The predicted octanol–water partition coefficient (Wildman–Crippen LogP) is 3.28. The summed E-state index contributed by atoms with van der Waals surface area (Å²) in [7, 11) is 0. The third-order valence-corrected chi connectivity index (χ3v) is 3.57. The van der Waals surface area contributed by atoms with Gasteiger partial charge in [0.15, 0.2) is 5.82 Å². The minimum absolute atomic E-state index is 0.480. The molecule has 5 nitrogen and oxygen atoms in total. The number of hydrogen-bond acceptors (Lipinski definition) is 4. The van der Waals surface area contributed by atoms with Gasteiger partial charge in [0, 0.05) is 10.7 Å². The number of halogens is 2. The number of nitrogens with zero attached hydrogens (tertiary/aromatic N) is 4. The molecule has 3 aromatic rings. The van der Waals surface area contributed by atoms with E-state index in [1.807, 2.05) is 24.3 Å². The summed E-state index contributed by atoms with van der Waals surface area (Å²) in [6, 6.07) is 12.8. The molecular weight excluding hydrogens is 309 g/mol. The molecule has 106 valence electrons. The van der Waals surface area contributed by atoms with Crippen molar-refractivity contribution in [2.45, 2.75) is 6.54 Å². The fourth-order valence-corrected chi connectivity index (χ4v) is 2.55. The zero-order chi connectivity index (χ0) is 14.8. The molecule has 0 aliphatic carbocycles. The van der Waals surface area contributed by atoms with Crippen molar-refractivity contribution in [1.82, 2.24) is 20.2 Å². The molecule has 0 saturated heterocycles. The Morgan fingerprint density at radius 2 is 1.90 bits per heavy atom. The van der Waals surface area contributed by atoms with Crippen LogP contribution in [-0.4, -0.2) is 20.2 Å². The molecule has 2 N–H and O–H groups in total. The predicted molar refractivity (Wildman–Crippen MR) is 83.2 cm³/mol. The van der Waals surface area contributed by atoms with Crippen molar-refractivity contribution in [1.29, 1.82) is 0 Å². The Bertz CT molecular complexity index is 764. The van der Waals surface area contributed by atoms with Gasteiger partial charge < -0.3 is 5.73 Å². The Morgan fingerprint density at radius 3 is 2.67 bits per heavy atom. The molecule has 0 bridgehead atoms. The Labute approximate surface area is 131 Å². The van der Waals surface area contributed by atoms with E-state index in [1.165, 1.54) is 0 Å². The molecule has 3 rings (SSSR count). The van der Waals surface area contributed by atoms with Crippen LogP contribution in [-0.2, 0) is 6.54 Å². The first-order chi connectivity index (χ1) is 10.1. The van der Waals surface area contributed by atoms with Gasteiger partial charge in [0.25, 0.3) is 0 Å². The normalized spacial score (nSPS) is 10.8. The molecule has 0 atom stereocenters. The summed E-state index contributed by atoms with van der Waals surface area (Å²) in [5.41, 5.74) is 8.14. The fourth-order valence-electron chi connectivity index (χ4n) is 2.08. The monoisotopic (exact) mass is 319 g/mol. The topological polar surface area (TPSA) is 69.6 Å².